The van der Waals surface area contributed by atoms with Gasteiger partial charge in [0.2, 0.25) is 0 Å². The van der Waals surface area contributed by atoms with Crippen molar-refractivity contribution < 1.29 is 33.0 Å². The van der Waals surface area contributed by atoms with E-state index >= 15 is 0 Å². The molecule has 23 heavy (non-hydrogen) atoms. The molecule has 1 saturated heterocycles. The SMILES string of the molecule is O=C(COc1ccc(F)cc1F)NC(C(=O)O)C1CCCOC1. The maximum absolute atomic E-state index is 13.4. The molecule has 2 N–H and O–H groups in total. The summed E-state index contributed by atoms with van der Waals surface area (Å²) < 4.78 is 36.3. The lowest BCUT2D eigenvalue weighted by atomic mass is 9.93. The highest BCUT2D eigenvalue weighted by Gasteiger charge is 2.31. The van der Waals surface area contributed by atoms with Gasteiger partial charge in [-0.15, -0.1) is 0 Å². The highest BCUT2D eigenvalue weighted by Crippen LogP contribution is 2.19. The van der Waals surface area contributed by atoms with Gasteiger partial charge in [-0.1, -0.05) is 0 Å². The molecule has 126 valence electrons. The number of rotatable bonds is 6. The van der Waals surface area contributed by atoms with Crippen molar-refractivity contribution in [2.75, 3.05) is 19.8 Å². The maximum atomic E-state index is 13.4. The molecule has 0 saturated carbocycles. The average Bonchev–Trinajstić information content (AvgIpc) is 2.52. The van der Waals surface area contributed by atoms with Crippen LogP contribution in [0, 0.1) is 17.6 Å². The number of carbonyl (C=O) groups is 2. The van der Waals surface area contributed by atoms with Crippen LogP contribution < -0.4 is 10.1 Å². The average molecular weight is 329 g/mol. The molecule has 8 heteroatoms. The Kier molecular flexibility index (Phi) is 5.86. The number of aliphatic carboxylic acids is 1. The first-order valence-corrected chi connectivity index (χ1v) is 7.15. The lowest BCUT2D eigenvalue weighted by Crippen LogP contribution is -2.49. The van der Waals surface area contributed by atoms with E-state index in [0.29, 0.717) is 19.1 Å². The van der Waals surface area contributed by atoms with E-state index in [-0.39, 0.29) is 18.3 Å². The molecule has 1 aliphatic heterocycles. The minimum Gasteiger partial charge on any atom is -0.481 e. The van der Waals surface area contributed by atoms with Crippen molar-refractivity contribution in [2.24, 2.45) is 5.92 Å². The number of benzene rings is 1. The fraction of sp³-hybridized carbons (Fsp3) is 0.467. The third-order valence-electron chi connectivity index (χ3n) is 3.50. The summed E-state index contributed by atoms with van der Waals surface area (Å²) in [4.78, 5) is 23.1. The first-order valence-electron chi connectivity index (χ1n) is 7.15. The maximum Gasteiger partial charge on any atom is 0.326 e. The van der Waals surface area contributed by atoms with E-state index in [9.17, 15) is 23.5 Å². The number of hydrogen-bond donors (Lipinski definition) is 2. The number of halogens is 2. The number of hydrogen-bond acceptors (Lipinski definition) is 4. The summed E-state index contributed by atoms with van der Waals surface area (Å²) in [7, 11) is 0. The Morgan fingerprint density at radius 3 is 2.83 bits per heavy atom. The number of carboxylic acids is 1. The fourth-order valence-electron chi connectivity index (χ4n) is 2.36. The molecule has 2 unspecified atom stereocenters. The van der Waals surface area contributed by atoms with Crippen molar-refractivity contribution in [2.45, 2.75) is 18.9 Å². The second kappa shape index (κ2) is 7.87. The summed E-state index contributed by atoms with van der Waals surface area (Å²) in [6.45, 7) is 0.258. The van der Waals surface area contributed by atoms with E-state index in [1.807, 2.05) is 0 Å². The zero-order valence-corrected chi connectivity index (χ0v) is 12.3. The number of carbonyl (C=O) groups excluding carboxylic acids is 1. The van der Waals surface area contributed by atoms with Gasteiger partial charge in [0.15, 0.2) is 18.2 Å². The Morgan fingerprint density at radius 2 is 2.22 bits per heavy atom. The second-order valence-corrected chi connectivity index (χ2v) is 5.22. The van der Waals surface area contributed by atoms with Gasteiger partial charge in [-0.3, -0.25) is 4.79 Å². The van der Waals surface area contributed by atoms with Gasteiger partial charge >= 0.3 is 5.97 Å². The molecule has 6 nitrogen and oxygen atoms in total. The highest BCUT2D eigenvalue weighted by atomic mass is 19.1. The van der Waals surface area contributed by atoms with Crippen LogP contribution >= 0.6 is 0 Å². The molecule has 1 aliphatic rings. The summed E-state index contributed by atoms with van der Waals surface area (Å²) in [6, 6.07) is 1.59. The summed E-state index contributed by atoms with van der Waals surface area (Å²) in [5, 5.41) is 11.6. The molecule has 0 spiro atoms. The molecular formula is C15H17F2NO5. The smallest absolute Gasteiger partial charge is 0.326 e. The lowest BCUT2D eigenvalue weighted by Gasteiger charge is -2.28. The highest BCUT2D eigenvalue weighted by molar-refractivity contribution is 5.84. The Bertz CT molecular complexity index is 575. The zero-order valence-electron chi connectivity index (χ0n) is 12.3. The molecule has 1 aromatic carbocycles. The Morgan fingerprint density at radius 1 is 1.43 bits per heavy atom. The van der Waals surface area contributed by atoms with Crippen LogP contribution in [0.5, 0.6) is 5.75 Å². The molecular weight excluding hydrogens is 312 g/mol. The van der Waals surface area contributed by atoms with Gasteiger partial charge in [0.25, 0.3) is 5.91 Å². The predicted molar refractivity (Wildman–Crippen MR) is 75.0 cm³/mol. The van der Waals surface area contributed by atoms with Crippen molar-refractivity contribution in [3.05, 3.63) is 29.8 Å². The monoisotopic (exact) mass is 329 g/mol. The van der Waals surface area contributed by atoms with Crippen LogP contribution in [0.15, 0.2) is 18.2 Å². The molecule has 1 fully saturated rings. The van der Waals surface area contributed by atoms with Gasteiger partial charge < -0.3 is 19.9 Å². The van der Waals surface area contributed by atoms with E-state index in [2.05, 4.69) is 5.32 Å². The first-order chi connectivity index (χ1) is 11.0. The Hall–Kier alpha value is -2.22. The molecule has 2 rings (SSSR count). The van der Waals surface area contributed by atoms with Gasteiger partial charge in [-0.05, 0) is 25.0 Å². The van der Waals surface area contributed by atoms with Gasteiger partial charge in [0.1, 0.15) is 11.9 Å². The molecule has 0 aromatic heterocycles. The van der Waals surface area contributed by atoms with Crippen LogP contribution in [0.2, 0.25) is 0 Å². The van der Waals surface area contributed by atoms with Crippen molar-refractivity contribution in [1.29, 1.82) is 0 Å². The number of carboxylic acid groups (broad SMARTS) is 1. The van der Waals surface area contributed by atoms with Gasteiger partial charge in [-0.25, -0.2) is 13.6 Å². The van der Waals surface area contributed by atoms with Gasteiger partial charge in [-0.2, -0.15) is 0 Å². The Balaban J connectivity index is 1.90. The lowest BCUT2D eigenvalue weighted by molar-refractivity contribution is -0.145. The molecule has 2 atom stereocenters. The summed E-state index contributed by atoms with van der Waals surface area (Å²) in [5.41, 5.74) is 0. The normalized spacial score (nSPS) is 19.0. The van der Waals surface area contributed by atoms with Gasteiger partial charge in [0.05, 0.1) is 6.61 Å². The van der Waals surface area contributed by atoms with E-state index in [4.69, 9.17) is 9.47 Å². The largest absolute Gasteiger partial charge is 0.481 e. The van der Waals surface area contributed by atoms with Crippen molar-refractivity contribution >= 4 is 11.9 Å². The van der Waals surface area contributed by atoms with Crippen LogP contribution in [0.3, 0.4) is 0 Å². The second-order valence-electron chi connectivity index (χ2n) is 5.22. The van der Waals surface area contributed by atoms with E-state index in [1.165, 1.54) is 0 Å². The standard InChI is InChI=1S/C15H17F2NO5/c16-10-3-4-12(11(17)6-10)23-8-13(19)18-14(15(20)21)9-2-1-5-22-7-9/h3-4,6,9,14H,1-2,5,7-8H2,(H,18,19)(H,20,21). The minimum absolute atomic E-state index is 0.255. The predicted octanol–water partition coefficient (Wildman–Crippen LogP) is 1.34. The van der Waals surface area contributed by atoms with Crippen LogP contribution in [0.1, 0.15) is 12.8 Å². The van der Waals surface area contributed by atoms with Crippen molar-refractivity contribution in [3.63, 3.8) is 0 Å². The molecule has 1 aromatic rings. The van der Waals surface area contributed by atoms with E-state index < -0.39 is 36.2 Å². The van der Waals surface area contributed by atoms with Crippen LogP contribution in [0.4, 0.5) is 8.78 Å². The van der Waals surface area contributed by atoms with Gasteiger partial charge in [0, 0.05) is 18.6 Å². The Labute approximate surface area is 131 Å². The topological polar surface area (TPSA) is 84.9 Å². The minimum atomic E-state index is -1.16. The van der Waals surface area contributed by atoms with E-state index in [1.54, 1.807) is 0 Å². The summed E-state index contributed by atoms with van der Waals surface area (Å²) in [6.07, 6.45) is 1.35. The molecule has 0 aliphatic carbocycles. The van der Waals surface area contributed by atoms with Crippen molar-refractivity contribution in [1.82, 2.24) is 5.32 Å². The number of amides is 1. The molecule has 0 bridgehead atoms. The third kappa shape index (κ3) is 4.88. The first kappa shape index (κ1) is 17.1. The van der Waals surface area contributed by atoms with Crippen molar-refractivity contribution in [3.8, 4) is 5.75 Å². The van der Waals surface area contributed by atoms with Crippen LogP contribution in [0.25, 0.3) is 0 Å². The molecule has 0 radical (unpaired) electrons. The molecule has 1 heterocycles. The van der Waals surface area contributed by atoms with Crippen LogP contribution in [-0.4, -0.2) is 42.8 Å². The quantitative estimate of drug-likeness (QED) is 0.823. The summed E-state index contributed by atoms with van der Waals surface area (Å²) >= 11 is 0. The third-order valence-corrected chi connectivity index (χ3v) is 3.50. The van der Waals surface area contributed by atoms with Crippen LogP contribution in [-0.2, 0) is 14.3 Å². The summed E-state index contributed by atoms with van der Waals surface area (Å²) in [5.74, 6) is -4.17. The number of ether oxygens (including phenoxy) is 2. The van der Waals surface area contributed by atoms with E-state index in [0.717, 1.165) is 18.6 Å². The fourth-order valence-corrected chi connectivity index (χ4v) is 2.36. The number of nitrogens with one attached hydrogen (secondary N) is 1. The zero-order chi connectivity index (χ0) is 16.8. The molecule has 1 amide bonds.